The first-order valence-corrected chi connectivity index (χ1v) is 11.2. The molecule has 2 aromatic rings. The van der Waals surface area contributed by atoms with Crippen molar-refractivity contribution in [2.24, 2.45) is 17.8 Å². The lowest BCUT2D eigenvalue weighted by molar-refractivity contribution is -0.179. The van der Waals surface area contributed by atoms with Crippen molar-refractivity contribution in [2.45, 2.75) is 59.9 Å². The number of rotatable bonds is 10. The summed E-state index contributed by atoms with van der Waals surface area (Å²) in [6, 6.07) is 18.4. The highest BCUT2D eigenvalue weighted by atomic mass is 16.6. The number of carbonyl (C=O) groups excluding carboxylic acids is 3. The van der Waals surface area contributed by atoms with Crippen LogP contribution in [0.15, 0.2) is 60.7 Å². The van der Waals surface area contributed by atoms with Crippen molar-refractivity contribution >= 4 is 17.9 Å². The van der Waals surface area contributed by atoms with E-state index in [1.807, 2.05) is 74.5 Å². The van der Waals surface area contributed by atoms with Crippen LogP contribution in [0.5, 0.6) is 0 Å². The highest BCUT2D eigenvalue weighted by Gasteiger charge is 2.44. The van der Waals surface area contributed by atoms with E-state index in [0.29, 0.717) is 0 Å². The molecule has 0 aromatic heterocycles. The molecule has 0 amide bonds. The number of hydrogen-bond acceptors (Lipinski definition) is 6. The van der Waals surface area contributed by atoms with Crippen LogP contribution in [-0.2, 0) is 41.8 Å². The molecular formula is C27H34O6. The van der Waals surface area contributed by atoms with E-state index in [2.05, 4.69) is 0 Å². The molecule has 0 fully saturated rings. The van der Waals surface area contributed by atoms with Gasteiger partial charge in [0.1, 0.15) is 18.8 Å². The van der Waals surface area contributed by atoms with E-state index in [4.69, 9.17) is 14.2 Å². The molecule has 0 bridgehead atoms. The molecule has 1 unspecified atom stereocenters. The maximum Gasteiger partial charge on any atom is 0.321 e. The molecule has 0 radical (unpaired) electrons. The standard InChI is InChI=1S/C27H34O6/c1-19(2)16-22(24(28)31-17-20-12-8-6-9-13-20)23(26(30)33-27(3,4)5)25(29)32-18-21-14-10-7-11-15-21/h6-15,19,22-23H,16-18H2,1-5H3/t22?,23-/m1/s1. The Bertz CT molecular complexity index is 899. The summed E-state index contributed by atoms with van der Waals surface area (Å²) in [6.45, 7) is 9.01. The Hall–Kier alpha value is -3.15. The van der Waals surface area contributed by atoms with Gasteiger partial charge in [-0.15, -0.1) is 0 Å². The lowest BCUT2D eigenvalue weighted by atomic mass is 9.85. The zero-order valence-electron chi connectivity index (χ0n) is 20.1. The van der Waals surface area contributed by atoms with E-state index in [1.165, 1.54) is 0 Å². The van der Waals surface area contributed by atoms with Gasteiger partial charge in [-0.3, -0.25) is 14.4 Å². The average molecular weight is 455 g/mol. The minimum atomic E-state index is -1.42. The minimum absolute atomic E-state index is 0.00751. The van der Waals surface area contributed by atoms with Gasteiger partial charge in [0.05, 0.1) is 5.92 Å². The van der Waals surface area contributed by atoms with Crippen LogP contribution in [0.2, 0.25) is 0 Å². The van der Waals surface area contributed by atoms with Crippen LogP contribution >= 0.6 is 0 Å². The molecule has 33 heavy (non-hydrogen) atoms. The fourth-order valence-corrected chi connectivity index (χ4v) is 3.32. The average Bonchev–Trinajstić information content (AvgIpc) is 2.75. The van der Waals surface area contributed by atoms with Crippen molar-refractivity contribution in [1.82, 2.24) is 0 Å². The quantitative estimate of drug-likeness (QED) is 0.283. The van der Waals surface area contributed by atoms with Gasteiger partial charge >= 0.3 is 17.9 Å². The minimum Gasteiger partial charge on any atom is -0.461 e. The van der Waals surface area contributed by atoms with E-state index >= 15 is 0 Å². The summed E-state index contributed by atoms with van der Waals surface area (Å²) in [7, 11) is 0. The van der Waals surface area contributed by atoms with E-state index in [-0.39, 0.29) is 25.6 Å². The number of benzene rings is 2. The molecule has 0 saturated heterocycles. The SMILES string of the molecule is CC(C)CC(C(=O)OCc1ccccc1)[C@H](C(=O)OCc1ccccc1)C(=O)OC(C)(C)C. The molecule has 0 aliphatic heterocycles. The zero-order valence-corrected chi connectivity index (χ0v) is 20.1. The van der Waals surface area contributed by atoms with Crippen molar-refractivity contribution in [3.8, 4) is 0 Å². The second-order valence-corrected chi connectivity index (χ2v) is 9.43. The van der Waals surface area contributed by atoms with Gasteiger partial charge in [0.2, 0.25) is 0 Å². The van der Waals surface area contributed by atoms with Gasteiger partial charge in [-0.25, -0.2) is 0 Å². The molecule has 0 aliphatic carbocycles. The lowest BCUT2D eigenvalue weighted by Gasteiger charge is -2.28. The summed E-state index contributed by atoms with van der Waals surface area (Å²) >= 11 is 0. The van der Waals surface area contributed by atoms with Gasteiger partial charge < -0.3 is 14.2 Å². The summed E-state index contributed by atoms with van der Waals surface area (Å²) < 4.78 is 16.5. The maximum atomic E-state index is 13.1. The molecule has 2 atom stereocenters. The Kier molecular flexibility index (Phi) is 9.64. The zero-order chi connectivity index (χ0) is 24.4. The molecule has 0 saturated carbocycles. The molecule has 2 aromatic carbocycles. The number of hydrogen-bond donors (Lipinski definition) is 0. The topological polar surface area (TPSA) is 78.9 Å². The van der Waals surface area contributed by atoms with Crippen molar-refractivity contribution in [3.05, 3.63) is 71.8 Å². The van der Waals surface area contributed by atoms with E-state index in [9.17, 15) is 14.4 Å². The lowest BCUT2D eigenvalue weighted by Crippen LogP contribution is -2.42. The van der Waals surface area contributed by atoms with Gasteiger partial charge in [0.15, 0.2) is 5.92 Å². The van der Waals surface area contributed by atoms with Gasteiger partial charge in [0.25, 0.3) is 0 Å². The summed E-state index contributed by atoms with van der Waals surface area (Å²) in [5.41, 5.74) is 0.765. The summed E-state index contributed by atoms with van der Waals surface area (Å²) in [4.78, 5) is 39.3. The number of carbonyl (C=O) groups is 3. The van der Waals surface area contributed by atoms with Crippen LogP contribution in [0.3, 0.4) is 0 Å². The predicted molar refractivity (Wildman–Crippen MR) is 125 cm³/mol. The predicted octanol–water partition coefficient (Wildman–Crippen LogP) is 5.09. The fourth-order valence-electron chi connectivity index (χ4n) is 3.32. The highest BCUT2D eigenvalue weighted by Crippen LogP contribution is 2.27. The Morgan fingerprint density at radius 2 is 1.18 bits per heavy atom. The van der Waals surface area contributed by atoms with Gasteiger partial charge in [0, 0.05) is 0 Å². The normalized spacial score (nSPS) is 13.2. The molecule has 178 valence electrons. The van der Waals surface area contributed by atoms with Crippen LogP contribution in [0.1, 0.15) is 52.2 Å². The molecule has 6 heteroatoms. The van der Waals surface area contributed by atoms with Crippen molar-refractivity contribution in [3.63, 3.8) is 0 Å². The van der Waals surface area contributed by atoms with Crippen molar-refractivity contribution in [2.75, 3.05) is 0 Å². The summed E-state index contributed by atoms with van der Waals surface area (Å²) in [5.74, 6) is -4.62. The summed E-state index contributed by atoms with van der Waals surface area (Å²) in [5, 5.41) is 0. The largest absolute Gasteiger partial charge is 0.461 e. The maximum absolute atomic E-state index is 13.1. The number of ether oxygens (including phenoxy) is 3. The Balaban J connectivity index is 2.25. The second-order valence-electron chi connectivity index (χ2n) is 9.43. The van der Waals surface area contributed by atoms with Crippen LogP contribution < -0.4 is 0 Å². The van der Waals surface area contributed by atoms with Crippen LogP contribution in [0.4, 0.5) is 0 Å². The third-order valence-electron chi connectivity index (χ3n) is 4.79. The molecule has 0 N–H and O–H groups in total. The Morgan fingerprint density at radius 3 is 1.61 bits per heavy atom. The van der Waals surface area contributed by atoms with E-state index < -0.39 is 35.3 Å². The third-order valence-corrected chi connectivity index (χ3v) is 4.79. The molecule has 0 spiro atoms. The van der Waals surface area contributed by atoms with E-state index in [1.54, 1.807) is 20.8 Å². The molecular weight excluding hydrogens is 420 g/mol. The van der Waals surface area contributed by atoms with Crippen LogP contribution in [0.25, 0.3) is 0 Å². The molecule has 2 rings (SSSR count). The molecule has 0 heterocycles. The summed E-state index contributed by atoms with van der Waals surface area (Å²) in [6.07, 6.45) is 0.276. The smallest absolute Gasteiger partial charge is 0.321 e. The Morgan fingerprint density at radius 1 is 0.727 bits per heavy atom. The first-order valence-electron chi connectivity index (χ1n) is 11.2. The second kappa shape index (κ2) is 12.2. The molecule has 0 aliphatic rings. The van der Waals surface area contributed by atoms with E-state index in [0.717, 1.165) is 11.1 Å². The van der Waals surface area contributed by atoms with Gasteiger partial charge in [-0.2, -0.15) is 0 Å². The molecule has 6 nitrogen and oxygen atoms in total. The third kappa shape index (κ3) is 9.08. The fraction of sp³-hybridized carbons (Fsp3) is 0.444. The first kappa shape index (κ1) is 26.1. The Labute approximate surface area is 196 Å². The number of esters is 3. The van der Waals surface area contributed by atoms with Gasteiger partial charge in [-0.1, -0.05) is 74.5 Å². The van der Waals surface area contributed by atoms with Crippen LogP contribution in [0, 0.1) is 17.8 Å². The van der Waals surface area contributed by atoms with Crippen molar-refractivity contribution < 1.29 is 28.6 Å². The monoisotopic (exact) mass is 454 g/mol. The van der Waals surface area contributed by atoms with Crippen molar-refractivity contribution in [1.29, 1.82) is 0 Å². The highest BCUT2D eigenvalue weighted by molar-refractivity contribution is 5.99. The van der Waals surface area contributed by atoms with Crippen LogP contribution in [-0.4, -0.2) is 23.5 Å². The van der Waals surface area contributed by atoms with Gasteiger partial charge in [-0.05, 0) is 44.2 Å². The first-order chi connectivity index (χ1) is 15.6.